The third-order valence-electron chi connectivity index (χ3n) is 3.44. The fourth-order valence-corrected chi connectivity index (χ4v) is 3.16. The molecule has 1 aromatic rings. The van der Waals surface area contributed by atoms with Gasteiger partial charge >= 0.3 is 0 Å². The molecule has 1 atom stereocenters. The van der Waals surface area contributed by atoms with Crippen molar-refractivity contribution in [1.82, 2.24) is 5.32 Å². The number of hydrogen-bond donors (Lipinski definition) is 1. The van der Waals surface area contributed by atoms with Crippen LogP contribution in [0.3, 0.4) is 0 Å². The lowest BCUT2D eigenvalue weighted by atomic mass is 9.87. The lowest BCUT2D eigenvalue weighted by molar-refractivity contribution is 0.459. The molecule has 15 heavy (non-hydrogen) atoms. The molecule has 0 saturated carbocycles. The molecule has 0 bridgehead atoms. The molecule has 1 heterocycles. The van der Waals surface area contributed by atoms with Crippen LogP contribution in [0.15, 0.2) is 16.6 Å². The van der Waals surface area contributed by atoms with E-state index in [0.717, 1.165) is 6.54 Å². The number of rotatable bonds is 1. The summed E-state index contributed by atoms with van der Waals surface area (Å²) >= 11 is 3.69. The quantitative estimate of drug-likeness (QED) is 0.821. The Bertz CT molecular complexity index is 354. The number of hydrogen-bond acceptors (Lipinski definition) is 1. The zero-order chi connectivity index (χ0) is 10.8. The highest BCUT2D eigenvalue weighted by Gasteiger charge is 2.19. The largest absolute Gasteiger partial charge is 0.316 e. The second-order valence-corrected chi connectivity index (χ2v) is 5.30. The molecule has 0 amide bonds. The molecule has 0 radical (unpaired) electrons. The van der Waals surface area contributed by atoms with E-state index in [1.807, 2.05) is 0 Å². The normalized spacial score (nSPS) is 21.7. The van der Waals surface area contributed by atoms with Gasteiger partial charge in [0.1, 0.15) is 0 Å². The Morgan fingerprint density at radius 3 is 2.80 bits per heavy atom. The van der Waals surface area contributed by atoms with Crippen LogP contribution < -0.4 is 5.32 Å². The van der Waals surface area contributed by atoms with Crippen molar-refractivity contribution in [3.05, 3.63) is 33.3 Å². The highest BCUT2D eigenvalue weighted by Crippen LogP contribution is 2.33. The fraction of sp³-hybridized carbons (Fsp3) is 0.538. The zero-order valence-corrected chi connectivity index (χ0v) is 11.0. The maximum atomic E-state index is 3.69. The molecule has 1 nitrogen and oxygen atoms in total. The van der Waals surface area contributed by atoms with Crippen LogP contribution in [0, 0.1) is 13.8 Å². The molecule has 1 saturated heterocycles. The number of benzene rings is 1. The van der Waals surface area contributed by atoms with Crippen molar-refractivity contribution < 1.29 is 0 Å². The first-order chi connectivity index (χ1) is 7.20. The third-order valence-corrected chi connectivity index (χ3v) is 4.13. The van der Waals surface area contributed by atoms with E-state index < -0.39 is 0 Å². The summed E-state index contributed by atoms with van der Waals surface area (Å²) in [6.07, 6.45) is 2.61. The minimum Gasteiger partial charge on any atom is -0.316 e. The van der Waals surface area contributed by atoms with Gasteiger partial charge < -0.3 is 5.32 Å². The first-order valence-electron chi connectivity index (χ1n) is 5.66. The maximum Gasteiger partial charge on any atom is 0.0213 e. The van der Waals surface area contributed by atoms with Crippen molar-refractivity contribution in [1.29, 1.82) is 0 Å². The maximum absolute atomic E-state index is 3.69. The molecule has 1 aliphatic heterocycles. The highest BCUT2D eigenvalue weighted by atomic mass is 79.9. The third kappa shape index (κ3) is 2.26. The molecule has 0 aromatic heterocycles. The number of aryl methyl sites for hydroxylation is 1. The average Bonchev–Trinajstić information content (AvgIpc) is 2.26. The molecule has 1 fully saturated rings. The van der Waals surface area contributed by atoms with Gasteiger partial charge in [-0.25, -0.2) is 0 Å². The monoisotopic (exact) mass is 267 g/mol. The van der Waals surface area contributed by atoms with E-state index >= 15 is 0 Å². The summed E-state index contributed by atoms with van der Waals surface area (Å²) in [5, 5.41) is 3.49. The van der Waals surface area contributed by atoms with E-state index in [-0.39, 0.29) is 0 Å². The van der Waals surface area contributed by atoms with Crippen molar-refractivity contribution in [3.63, 3.8) is 0 Å². The summed E-state index contributed by atoms with van der Waals surface area (Å²) in [5.41, 5.74) is 4.37. The fourth-order valence-electron chi connectivity index (χ4n) is 2.40. The second-order valence-electron chi connectivity index (χ2n) is 4.45. The van der Waals surface area contributed by atoms with E-state index in [9.17, 15) is 0 Å². The molecular formula is C13H18BrN. The SMILES string of the molecule is Cc1ccc(Br)c(C2CCCNC2)c1C. The Balaban J connectivity index is 2.36. The molecule has 2 rings (SSSR count). The van der Waals surface area contributed by atoms with Crippen molar-refractivity contribution in [2.45, 2.75) is 32.6 Å². The minimum absolute atomic E-state index is 0.688. The Hall–Kier alpha value is -0.340. The molecule has 0 aliphatic carbocycles. The lowest BCUT2D eigenvalue weighted by Crippen LogP contribution is -2.29. The number of piperidine rings is 1. The highest BCUT2D eigenvalue weighted by molar-refractivity contribution is 9.10. The molecule has 82 valence electrons. The van der Waals surface area contributed by atoms with Gasteiger partial charge in [-0.1, -0.05) is 22.0 Å². The van der Waals surface area contributed by atoms with Gasteiger partial charge in [-0.2, -0.15) is 0 Å². The van der Waals surface area contributed by atoms with Gasteiger partial charge in [-0.3, -0.25) is 0 Å². The second kappa shape index (κ2) is 4.67. The first kappa shape index (κ1) is 11.2. The van der Waals surface area contributed by atoms with Gasteiger partial charge in [0.25, 0.3) is 0 Å². The molecule has 1 aliphatic rings. The van der Waals surface area contributed by atoms with E-state index in [4.69, 9.17) is 0 Å². The van der Waals surface area contributed by atoms with Gasteiger partial charge in [-0.05, 0) is 61.9 Å². The topological polar surface area (TPSA) is 12.0 Å². The smallest absolute Gasteiger partial charge is 0.0213 e. The minimum atomic E-state index is 0.688. The Labute approximate surface area is 100 Å². The summed E-state index contributed by atoms with van der Waals surface area (Å²) in [7, 11) is 0. The number of halogens is 1. The van der Waals surface area contributed by atoms with E-state index in [2.05, 4.69) is 47.2 Å². The standard InChI is InChI=1S/C13H18BrN/c1-9-5-6-12(14)13(10(9)2)11-4-3-7-15-8-11/h5-6,11,15H,3-4,7-8H2,1-2H3. The van der Waals surface area contributed by atoms with Crippen LogP contribution in [0.1, 0.15) is 35.4 Å². The molecule has 1 N–H and O–H groups in total. The van der Waals surface area contributed by atoms with Crippen LogP contribution in [-0.2, 0) is 0 Å². The summed E-state index contributed by atoms with van der Waals surface area (Å²) in [6.45, 7) is 6.74. The summed E-state index contributed by atoms with van der Waals surface area (Å²) < 4.78 is 1.28. The Morgan fingerprint density at radius 2 is 2.13 bits per heavy atom. The van der Waals surface area contributed by atoms with Crippen LogP contribution in [0.25, 0.3) is 0 Å². The van der Waals surface area contributed by atoms with Gasteiger partial charge in [0.15, 0.2) is 0 Å². The van der Waals surface area contributed by atoms with Gasteiger partial charge in [-0.15, -0.1) is 0 Å². The van der Waals surface area contributed by atoms with Gasteiger partial charge in [0.2, 0.25) is 0 Å². The van der Waals surface area contributed by atoms with Crippen LogP contribution in [0.4, 0.5) is 0 Å². The lowest BCUT2D eigenvalue weighted by Gasteiger charge is -2.26. The van der Waals surface area contributed by atoms with Crippen LogP contribution in [0.5, 0.6) is 0 Å². The summed E-state index contributed by atoms with van der Waals surface area (Å²) in [4.78, 5) is 0. The number of nitrogens with one attached hydrogen (secondary N) is 1. The summed E-state index contributed by atoms with van der Waals surface area (Å²) in [5.74, 6) is 0.688. The van der Waals surface area contributed by atoms with Crippen molar-refractivity contribution in [2.24, 2.45) is 0 Å². The zero-order valence-electron chi connectivity index (χ0n) is 9.44. The van der Waals surface area contributed by atoms with E-state index in [0.29, 0.717) is 5.92 Å². The van der Waals surface area contributed by atoms with Crippen molar-refractivity contribution >= 4 is 15.9 Å². The molecule has 1 aromatic carbocycles. The van der Waals surface area contributed by atoms with Crippen molar-refractivity contribution in [3.8, 4) is 0 Å². The van der Waals surface area contributed by atoms with Crippen molar-refractivity contribution in [2.75, 3.05) is 13.1 Å². The van der Waals surface area contributed by atoms with E-state index in [1.165, 1.54) is 40.5 Å². The molecular weight excluding hydrogens is 250 g/mol. The first-order valence-corrected chi connectivity index (χ1v) is 6.45. The molecule has 0 spiro atoms. The van der Waals surface area contributed by atoms with E-state index in [1.54, 1.807) is 0 Å². The van der Waals surface area contributed by atoms with Crippen LogP contribution in [0.2, 0.25) is 0 Å². The molecule has 2 heteroatoms. The summed E-state index contributed by atoms with van der Waals surface area (Å²) in [6, 6.07) is 4.38. The van der Waals surface area contributed by atoms with Gasteiger partial charge in [0, 0.05) is 11.0 Å². The van der Waals surface area contributed by atoms with Crippen LogP contribution in [-0.4, -0.2) is 13.1 Å². The average molecular weight is 268 g/mol. The Kier molecular flexibility index (Phi) is 3.47. The Morgan fingerprint density at radius 1 is 1.33 bits per heavy atom. The predicted octanol–water partition coefficient (Wildman–Crippen LogP) is 3.53. The van der Waals surface area contributed by atoms with Gasteiger partial charge in [0.05, 0.1) is 0 Å². The van der Waals surface area contributed by atoms with Crippen LogP contribution >= 0.6 is 15.9 Å². The predicted molar refractivity (Wildman–Crippen MR) is 68.5 cm³/mol. The molecule has 1 unspecified atom stereocenters.